The third-order valence-corrected chi connectivity index (χ3v) is 6.87. The van der Waals surface area contributed by atoms with Crippen LogP contribution in [0.5, 0.6) is 0 Å². The molecule has 1 aliphatic heterocycles. The molecule has 0 amide bonds. The third-order valence-electron chi connectivity index (χ3n) is 5.49. The summed E-state index contributed by atoms with van der Waals surface area (Å²) in [5.74, 6) is -4.11. The summed E-state index contributed by atoms with van der Waals surface area (Å²) in [5.41, 5.74) is 0.680. The first-order valence-electron chi connectivity index (χ1n) is 10.3. The maximum atomic E-state index is 14.1. The Morgan fingerprint density at radius 1 is 0.794 bits per heavy atom. The lowest BCUT2D eigenvalue weighted by Crippen LogP contribution is -2.47. The molecule has 3 aromatic carbocycles. The first kappa shape index (κ1) is 23.4. The minimum absolute atomic E-state index is 0.0455. The summed E-state index contributed by atoms with van der Waals surface area (Å²) >= 11 is 0. The second-order valence-corrected chi connectivity index (χ2v) is 9.33. The minimum Gasteiger partial charge on any atom is -0.478 e. The van der Waals surface area contributed by atoms with Crippen molar-refractivity contribution in [1.29, 1.82) is 0 Å². The predicted molar refractivity (Wildman–Crippen MR) is 121 cm³/mol. The van der Waals surface area contributed by atoms with Crippen molar-refractivity contribution in [2.45, 2.75) is 4.90 Å². The largest absolute Gasteiger partial charge is 0.478 e. The number of anilines is 3. The van der Waals surface area contributed by atoms with Crippen LogP contribution in [0.1, 0.15) is 10.4 Å². The molecule has 0 saturated carbocycles. The van der Waals surface area contributed by atoms with Gasteiger partial charge in [0.2, 0.25) is 0 Å². The van der Waals surface area contributed by atoms with Gasteiger partial charge in [0, 0.05) is 31.9 Å². The van der Waals surface area contributed by atoms with E-state index in [1.807, 2.05) is 9.80 Å². The number of piperazine rings is 1. The van der Waals surface area contributed by atoms with Crippen LogP contribution in [0, 0.1) is 17.5 Å². The van der Waals surface area contributed by atoms with Gasteiger partial charge in [-0.2, -0.15) is 0 Å². The van der Waals surface area contributed by atoms with E-state index in [9.17, 15) is 31.5 Å². The molecule has 1 saturated heterocycles. The Kier molecular flexibility index (Phi) is 6.38. The number of benzene rings is 3. The Labute approximate surface area is 194 Å². The third kappa shape index (κ3) is 4.79. The van der Waals surface area contributed by atoms with Crippen molar-refractivity contribution in [3.8, 4) is 0 Å². The number of hydrogen-bond donors (Lipinski definition) is 2. The second kappa shape index (κ2) is 9.26. The standard InChI is InChI=1S/C23H20F3N3O4S/c24-18-7-6-16(14-20(18)26)34(32,33)27-15-5-8-21(17(13-15)23(30)31)28-9-11-29(12-10-28)22-4-2-1-3-19(22)25/h1-8,13-14,27H,9-12H2,(H,30,31). The van der Waals surface area contributed by atoms with Crippen LogP contribution in [0.3, 0.4) is 0 Å². The van der Waals surface area contributed by atoms with Crippen LogP contribution in [-0.4, -0.2) is 45.7 Å². The topological polar surface area (TPSA) is 89.9 Å². The molecule has 178 valence electrons. The van der Waals surface area contributed by atoms with Gasteiger partial charge in [-0.25, -0.2) is 26.4 Å². The average Bonchev–Trinajstić information content (AvgIpc) is 2.81. The van der Waals surface area contributed by atoms with E-state index in [1.165, 1.54) is 24.3 Å². The summed E-state index contributed by atoms with van der Waals surface area (Å²) < 4.78 is 67.9. The summed E-state index contributed by atoms with van der Waals surface area (Å²) in [4.78, 5) is 15.1. The summed E-state index contributed by atoms with van der Waals surface area (Å²) in [6.45, 7) is 1.78. The Hall–Kier alpha value is -3.73. The molecule has 0 spiro atoms. The van der Waals surface area contributed by atoms with Gasteiger partial charge in [-0.1, -0.05) is 12.1 Å². The number of carboxylic acids is 1. The van der Waals surface area contributed by atoms with E-state index in [4.69, 9.17) is 0 Å². The van der Waals surface area contributed by atoms with Crippen LogP contribution in [0.15, 0.2) is 65.6 Å². The van der Waals surface area contributed by atoms with Crippen molar-refractivity contribution >= 4 is 33.1 Å². The smallest absolute Gasteiger partial charge is 0.337 e. The van der Waals surface area contributed by atoms with Gasteiger partial charge in [0.05, 0.1) is 21.8 Å². The molecule has 34 heavy (non-hydrogen) atoms. The fourth-order valence-electron chi connectivity index (χ4n) is 3.80. The van der Waals surface area contributed by atoms with E-state index in [0.717, 1.165) is 6.07 Å². The normalized spacial score (nSPS) is 14.2. The Bertz CT molecular complexity index is 1340. The highest BCUT2D eigenvalue weighted by atomic mass is 32.2. The van der Waals surface area contributed by atoms with E-state index in [0.29, 0.717) is 49.7 Å². The molecule has 0 aromatic heterocycles. The lowest BCUT2D eigenvalue weighted by Gasteiger charge is -2.38. The second-order valence-electron chi connectivity index (χ2n) is 7.64. The number of halogens is 3. The SMILES string of the molecule is O=C(O)c1cc(NS(=O)(=O)c2ccc(F)c(F)c2)ccc1N1CCN(c2ccccc2F)CC1. The van der Waals surface area contributed by atoms with Gasteiger partial charge in [-0.3, -0.25) is 4.72 Å². The highest BCUT2D eigenvalue weighted by Crippen LogP contribution is 2.29. The lowest BCUT2D eigenvalue weighted by atomic mass is 10.1. The van der Waals surface area contributed by atoms with Gasteiger partial charge >= 0.3 is 5.97 Å². The van der Waals surface area contributed by atoms with Gasteiger partial charge < -0.3 is 14.9 Å². The van der Waals surface area contributed by atoms with E-state index in [-0.39, 0.29) is 17.1 Å². The van der Waals surface area contributed by atoms with Crippen molar-refractivity contribution in [3.05, 3.63) is 83.7 Å². The van der Waals surface area contributed by atoms with E-state index in [2.05, 4.69) is 4.72 Å². The average molecular weight is 491 g/mol. The van der Waals surface area contributed by atoms with Gasteiger partial charge in [-0.15, -0.1) is 0 Å². The monoisotopic (exact) mass is 491 g/mol. The zero-order chi connectivity index (χ0) is 24.5. The molecule has 0 atom stereocenters. The molecule has 4 rings (SSSR count). The van der Waals surface area contributed by atoms with Crippen LogP contribution in [0.2, 0.25) is 0 Å². The number of hydrogen-bond acceptors (Lipinski definition) is 5. The van der Waals surface area contributed by atoms with Crippen molar-refractivity contribution in [1.82, 2.24) is 0 Å². The number of aromatic carboxylic acids is 1. The molecule has 0 unspecified atom stereocenters. The minimum atomic E-state index is -4.28. The quantitative estimate of drug-likeness (QED) is 0.543. The molecule has 1 heterocycles. The van der Waals surface area contributed by atoms with Crippen LogP contribution >= 0.6 is 0 Å². The zero-order valence-corrected chi connectivity index (χ0v) is 18.5. The summed E-state index contributed by atoms with van der Waals surface area (Å²) in [7, 11) is -4.28. The Balaban J connectivity index is 1.54. The molecule has 0 aliphatic carbocycles. The van der Waals surface area contributed by atoms with E-state index < -0.39 is 32.5 Å². The van der Waals surface area contributed by atoms with Gasteiger partial charge in [0.15, 0.2) is 11.6 Å². The molecule has 7 nitrogen and oxygen atoms in total. The predicted octanol–water partition coefficient (Wildman–Crippen LogP) is 3.93. The van der Waals surface area contributed by atoms with Crippen LogP contribution in [0.4, 0.5) is 30.2 Å². The molecular weight excluding hydrogens is 471 g/mol. The van der Waals surface area contributed by atoms with Crippen LogP contribution < -0.4 is 14.5 Å². The van der Waals surface area contributed by atoms with Crippen molar-refractivity contribution in [2.75, 3.05) is 40.7 Å². The maximum Gasteiger partial charge on any atom is 0.337 e. The number of carboxylic acid groups (broad SMARTS) is 1. The first-order chi connectivity index (χ1) is 16.2. The highest BCUT2D eigenvalue weighted by Gasteiger charge is 2.24. The lowest BCUT2D eigenvalue weighted by molar-refractivity contribution is 0.0697. The van der Waals surface area contributed by atoms with E-state index in [1.54, 1.807) is 18.2 Å². The number of nitrogens with zero attached hydrogens (tertiary/aromatic N) is 2. The molecule has 3 aromatic rings. The first-order valence-corrected chi connectivity index (χ1v) is 11.7. The molecule has 2 N–H and O–H groups in total. The summed E-state index contributed by atoms with van der Waals surface area (Å²) in [6, 6.07) is 12.6. The molecular formula is C23H20F3N3O4S. The molecule has 0 bridgehead atoms. The van der Waals surface area contributed by atoms with E-state index >= 15 is 0 Å². The maximum absolute atomic E-state index is 14.1. The van der Waals surface area contributed by atoms with Crippen molar-refractivity contribution in [2.24, 2.45) is 0 Å². The highest BCUT2D eigenvalue weighted by molar-refractivity contribution is 7.92. The number of sulfonamides is 1. The molecule has 1 fully saturated rings. The van der Waals surface area contributed by atoms with Crippen LogP contribution in [0.25, 0.3) is 0 Å². The fourth-order valence-corrected chi connectivity index (χ4v) is 4.86. The molecule has 11 heteroatoms. The van der Waals surface area contributed by atoms with Gasteiger partial charge in [0.1, 0.15) is 5.82 Å². The summed E-state index contributed by atoms with van der Waals surface area (Å²) in [6.07, 6.45) is 0. The fraction of sp³-hybridized carbons (Fsp3) is 0.174. The Morgan fingerprint density at radius 2 is 1.44 bits per heavy atom. The van der Waals surface area contributed by atoms with Crippen LogP contribution in [-0.2, 0) is 10.0 Å². The molecule has 1 aliphatic rings. The Morgan fingerprint density at radius 3 is 2.06 bits per heavy atom. The number of para-hydroxylation sites is 1. The summed E-state index contributed by atoms with van der Waals surface area (Å²) in [5, 5.41) is 9.71. The van der Waals surface area contributed by atoms with Gasteiger partial charge in [0.25, 0.3) is 10.0 Å². The van der Waals surface area contributed by atoms with Gasteiger partial charge in [-0.05, 0) is 48.5 Å². The molecule has 0 radical (unpaired) electrons. The number of nitrogens with one attached hydrogen (secondary N) is 1. The van der Waals surface area contributed by atoms with Crippen molar-refractivity contribution < 1.29 is 31.5 Å². The number of rotatable bonds is 6. The van der Waals surface area contributed by atoms with Crippen molar-refractivity contribution in [3.63, 3.8) is 0 Å². The zero-order valence-electron chi connectivity index (χ0n) is 17.7. The number of carbonyl (C=O) groups is 1.